The van der Waals surface area contributed by atoms with Gasteiger partial charge in [-0.2, -0.15) is 0 Å². The van der Waals surface area contributed by atoms with Crippen molar-refractivity contribution in [2.75, 3.05) is 0 Å². The van der Waals surface area contributed by atoms with Gasteiger partial charge in [0, 0.05) is 0 Å². The lowest BCUT2D eigenvalue weighted by Crippen LogP contribution is -1.95. The molecule has 0 aliphatic rings. The fraction of sp³-hybridized carbons (Fsp3) is 0. The van der Waals surface area contributed by atoms with Gasteiger partial charge in [0.25, 0.3) is 0 Å². The summed E-state index contributed by atoms with van der Waals surface area (Å²) >= 11 is 23.1. The van der Waals surface area contributed by atoms with Crippen LogP contribution in [0.3, 0.4) is 0 Å². The number of benzene rings is 1. The van der Waals surface area contributed by atoms with Crippen molar-refractivity contribution in [1.82, 2.24) is 9.97 Å². The Balaban J connectivity index is 2.69. The summed E-state index contributed by atoms with van der Waals surface area (Å²) in [6, 6.07) is 4.88. The summed E-state index contributed by atoms with van der Waals surface area (Å²) in [5.74, 6) is -0.794. The quantitative estimate of drug-likeness (QED) is 0.700. The van der Waals surface area contributed by atoms with Gasteiger partial charge in [-0.25, -0.2) is 14.4 Å². The SMILES string of the molecule is Fc1c(Cl)nc(-c2c(Cl)cccc2Cl)nc1Cl. The molecule has 7 heteroatoms. The number of hydrogen-bond acceptors (Lipinski definition) is 2. The normalized spacial score (nSPS) is 10.6. The van der Waals surface area contributed by atoms with Crippen LogP contribution < -0.4 is 0 Å². The second-order valence-corrected chi connectivity index (χ2v) is 4.57. The molecule has 1 aromatic carbocycles. The molecule has 0 radical (unpaired) electrons. The van der Waals surface area contributed by atoms with Gasteiger partial charge in [-0.05, 0) is 12.1 Å². The lowest BCUT2D eigenvalue weighted by molar-refractivity contribution is 0.615. The van der Waals surface area contributed by atoms with Crippen molar-refractivity contribution in [2.24, 2.45) is 0 Å². The molecular formula is C10H3Cl4FN2. The van der Waals surface area contributed by atoms with Crippen molar-refractivity contribution in [2.45, 2.75) is 0 Å². The van der Waals surface area contributed by atoms with Crippen LogP contribution in [-0.2, 0) is 0 Å². The van der Waals surface area contributed by atoms with Gasteiger partial charge in [-0.1, -0.05) is 52.5 Å². The van der Waals surface area contributed by atoms with E-state index in [2.05, 4.69) is 9.97 Å². The molecular weight excluding hydrogens is 309 g/mol. The predicted molar refractivity (Wildman–Crippen MR) is 67.5 cm³/mol. The highest BCUT2D eigenvalue weighted by molar-refractivity contribution is 6.39. The Morgan fingerprint density at radius 3 is 1.82 bits per heavy atom. The monoisotopic (exact) mass is 310 g/mol. The van der Waals surface area contributed by atoms with Gasteiger partial charge in [0.05, 0.1) is 15.6 Å². The smallest absolute Gasteiger partial charge is 0.197 e. The maximum atomic E-state index is 13.2. The Hall–Kier alpha value is -0.610. The molecule has 0 aliphatic carbocycles. The van der Waals surface area contributed by atoms with E-state index in [1.54, 1.807) is 18.2 Å². The maximum absolute atomic E-state index is 13.2. The minimum atomic E-state index is -0.875. The fourth-order valence-electron chi connectivity index (χ4n) is 1.22. The van der Waals surface area contributed by atoms with Gasteiger partial charge in [0.15, 0.2) is 21.9 Å². The molecule has 0 atom stereocenters. The van der Waals surface area contributed by atoms with Gasteiger partial charge >= 0.3 is 0 Å². The third kappa shape index (κ3) is 2.47. The van der Waals surface area contributed by atoms with Crippen LogP contribution in [0.1, 0.15) is 0 Å². The van der Waals surface area contributed by atoms with Crippen LogP contribution in [0, 0.1) is 5.82 Å². The topological polar surface area (TPSA) is 25.8 Å². The number of hydrogen-bond donors (Lipinski definition) is 0. The molecule has 0 N–H and O–H groups in total. The number of halogens is 5. The molecule has 0 bridgehead atoms. The number of nitrogens with zero attached hydrogens (tertiary/aromatic N) is 2. The third-order valence-electron chi connectivity index (χ3n) is 1.96. The van der Waals surface area contributed by atoms with Gasteiger partial charge in [-0.3, -0.25) is 0 Å². The molecule has 88 valence electrons. The van der Waals surface area contributed by atoms with E-state index in [1.807, 2.05) is 0 Å². The van der Waals surface area contributed by atoms with E-state index < -0.39 is 5.82 Å². The van der Waals surface area contributed by atoms with E-state index in [0.29, 0.717) is 15.6 Å². The van der Waals surface area contributed by atoms with E-state index in [4.69, 9.17) is 46.4 Å². The van der Waals surface area contributed by atoms with Crippen LogP contribution >= 0.6 is 46.4 Å². The van der Waals surface area contributed by atoms with Crippen molar-refractivity contribution in [3.05, 3.63) is 44.4 Å². The molecule has 0 aliphatic heterocycles. The Kier molecular flexibility index (Phi) is 3.73. The minimum Gasteiger partial charge on any atom is -0.213 e. The molecule has 2 rings (SSSR count). The molecule has 0 unspecified atom stereocenters. The molecule has 2 aromatic rings. The molecule has 17 heavy (non-hydrogen) atoms. The lowest BCUT2D eigenvalue weighted by Gasteiger charge is -2.06. The Bertz CT molecular complexity index is 545. The van der Waals surface area contributed by atoms with Gasteiger partial charge in [0.1, 0.15) is 0 Å². The first-order valence-corrected chi connectivity index (χ1v) is 5.85. The molecule has 0 amide bonds. The summed E-state index contributed by atoms with van der Waals surface area (Å²) in [5, 5.41) is -0.0977. The van der Waals surface area contributed by atoms with Crippen molar-refractivity contribution in [3.8, 4) is 11.4 Å². The molecule has 0 saturated carbocycles. The Morgan fingerprint density at radius 1 is 0.882 bits per heavy atom. The van der Waals surface area contributed by atoms with Crippen molar-refractivity contribution >= 4 is 46.4 Å². The Labute approximate surface area is 116 Å². The summed E-state index contributed by atoms with van der Waals surface area (Å²) in [4.78, 5) is 7.50. The van der Waals surface area contributed by atoms with Crippen LogP contribution in [0.25, 0.3) is 11.4 Å². The van der Waals surface area contributed by atoms with E-state index in [9.17, 15) is 4.39 Å². The maximum Gasteiger partial charge on any atom is 0.197 e. The second-order valence-electron chi connectivity index (χ2n) is 3.04. The molecule has 1 aromatic heterocycles. The van der Waals surface area contributed by atoms with Crippen molar-refractivity contribution in [3.63, 3.8) is 0 Å². The summed E-state index contributed by atoms with van der Waals surface area (Å²) in [7, 11) is 0. The fourth-order valence-corrected chi connectivity index (χ4v) is 2.17. The summed E-state index contributed by atoms with van der Waals surface area (Å²) < 4.78 is 13.2. The molecule has 2 nitrogen and oxygen atoms in total. The third-order valence-corrected chi connectivity index (χ3v) is 3.09. The van der Waals surface area contributed by atoms with Gasteiger partial charge in [0.2, 0.25) is 0 Å². The zero-order valence-corrected chi connectivity index (χ0v) is 11.0. The Morgan fingerprint density at radius 2 is 1.35 bits per heavy atom. The highest BCUT2D eigenvalue weighted by Gasteiger charge is 2.16. The standard InChI is InChI=1S/C10H3Cl4FN2/c11-4-2-1-3-5(12)6(4)10-16-8(13)7(15)9(14)17-10/h1-3H. The van der Waals surface area contributed by atoms with Crippen molar-refractivity contribution < 1.29 is 4.39 Å². The first-order chi connectivity index (χ1) is 8.00. The highest BCUT2D eigenvalue weighted by atomic mass is 35.5. The van der Waals surface area contributed by atoms with Gasteiger partial charge < -0.3 is 0 Å². The second kappa shape index (κ2) is 4.94. The number of aromatic nitrogens is 2. The van der Waals surface area contributed by atoms with Crippen LogP contribution in [0.4, 0.5) is 4.39 Å². The average Bonchev–Trinajstić information content (AvgIpc) is 2.25. The summed E-state index contributed by atoms with van der Waals surface area (Å²) in [6.45, 7) is 0. The molecule has 0 fully saturated rings. The molecule has 1 heterocycles. The van der Waals surface area contributed by atoms with Crippen LogP contribution in [0.5, 0.6) is 0 Å². The highest BCUT2D eigenvalue weighted by Crippen LogP contribution is 2.34. The average molecular weight is 312 g/mol. The summed E-state index contributed by atoms with van der Waals surface area (Å²) in [6.07, 6.45) is 0. The largest absolute Gasteiger partial charge is 0.213 e. The van der Waals surface area contributed by atoms with E-state index >= 15 is 0 Å². The van der Waals surface area contributed by atoms with E-state index in [0.717, 1.165) is 0 Å². The zero-order valence-electron chi connectivity index (χ0n) is 8.02. The van der Waals surface area contributed by atoms with Crippen LogP contribution in [0.2, 0.25) is 20.4 Å². The van der Waals surface area contributed by atoms with E-state index in [-0.39, 0.29) is 16.1 Å². The lowest BCUT2D eigenvalue weighted by atomic mass is 10.2. The minimum absolute atomic E-state index is 0.0806. The van der Waals surface area contributed by atoms with Crippen molar-refractivity contribution in [1.29, 1.82) is 0 Å². The number of rotatable bonds is 1. The summed E-state index contributed by atoms with van der Waals surface area (Å²) in [5.41, 5.74) is 0.361. The first-order valence-electron chi connectivity index (χ1n) is 4.33. The van der Waals surface area contributed by atoms with Gasteiger partial charge in [-0.15, -0.1) is 0 Å². The zero-order chi connectivity index (χ0) is 12.6. The van der Waals surface area contributed by atoms with Crippen LogP contribution in [0.15, 0.2) is 18.2 Å². The van der Waals surface area contributed by atoms with E-state index in [1.165, 1.54) is 0 Å². The predicted octanol–water partition coefficient (Wildman–Crippen LogP) is 4.90. The first kappa shape index (κ1) is 12.8. The molecule has 0 saturated heterocycles. The molecule has 0 spiro atoms. The van der Waals surface area contributed by atoms with Crippen LogP contribution in [-0.4, -0.2) is 9.97 Å².